The molecule has 2 rings (SSSR count). The average molecular weight is 272 g/mol. The Labute approximate surface area is 113 Å². The lowest BCUT2D eigenvalue weighted by atomic mass is 9.98. The Morgan fingerprint density at radius 1 is 1.33 bits per heavy atom. The molecule has 100 valence electrons. The SMILES string of the molecule is Cl.O=[N+]([O-])c1ccccc1NCC1CCNCC1. The molecule has 1 saturated heterocycles. The summed E-state index contributed by atoms with van der Waals surface area (Å²) in [6.45, 7) is 2.90. The molecule has 0 bridgehead atoms. The number of benzene rings is 1. The molecule has 6 heteroatoms. The monoisotopic (exact) mass is 271 g/mol. The normalized spacial score (nSPS) is 15.8. The molecule has 1 fully saturated rings. The number of hydrogen-bond acceptors (Lipinski definition) is 4. The average Bonchev–Trinajstić information content (AvgIpc) is 2.38. The number of halogens is 1. The maximum atomic E-state index is 10.8. The van der Waals surface area contributed by atoms with Gasteiger partial charge >= 0.3 is 0 Å². The molecule has 1 aromatic carbocycles. The standard InChI is InChI=1S/C12H17N3O2.ClH/c16-15(17)12-4-2-1-3-11(12)14-9-10-5-7-13-8-6-10;/h1-4,10,13-14H,5-9H2;1H. The van der Waals surface area contributed by atoms with Gasteiger partial charge in [0.1, 0.15) is 5.69 Å². The van der Waals surface area contributed by atoms with Crippen molar-refractivity contribution < 1.29 is 4.92 Å². The first-order valence-electron chi connectivity index (χ1n) is 5.95. The third-order valence-corrected chi connectivity index (χ3v) is 3.14. The minimum Gasteiger partial charge on any atom is -0.379 e. The van der Waals surface area contributed by atoms with Crippen molar-refractivity contribution in [2.45, 2.75) is 12.8 Å². The van der Waals surface area contributed by atoms with Crippen molar-refractivity contribution in [3.05, 3.63) is 34.4 Å². The van der Waals surface area contributed by atoms with Crippen LogP contribution in [0.15, 0.2) is 24.3 Å². The predicted molar refractivity (Wildman–Crippen MR) is 74.4 cm³/mol. The van der Waals surface area contributed by atoms with Crippen molar-refractivity contribution in [1.82, 2.24) is 5.32 Å². The molecule has 2 N–H and O–H groups in total. The van der Waals surface area contributed by atoms with Gasteiger partial charge in [-0.3, -0.25) is 10.1 Å². The second-order valence-electron chi connectivity index (χ2n) is 4.35. The number of piperidine rings is 1. The van der Waals surface area contributed by atoms with Crippen LogP contribution in [-0.4, -0.2) is 24.6 Å². The second-order valence-corrected chi connectivity index (χ2v) is 4.35. The minimum atomic E-state index is -0.343. The van der Waals surface area contributed by atoms with Crippen LogP contribution < -0.4 is 10.6 Å². The van der Waals surface area contributed by atoms with E-state index in [9.17, 15) is 10.1 Å². The van der Waals surface area contributed by atoms with Crippen LogP contribution in [0.3, 0.4) is 0 Å². The molecule has 0 aromatic heterocycles. The van der Waals surface area contributed by atoms with Gasteiger partial charge in [-0.05, 0) is 37.9 Å². The van der Waals surface area contributed by atoms with Crippen LogP contribution in [0.5, 0.6) is 0 Å². The molecule has 0 spiro atoms. The number of nitro benzene ring substituents is 1. The van der Waals surface area contributed by atoms with Crippen molar-refractivity contribution in [2.75, 3.05) is 25.0 Å². The number of hydrogen-bond donors (Lipinski definition) is 2. The fourth-order valence-corrected chi connectivity index (χ4v) is 2.12. The molecule has 1 aromatic rings. The summed E-state index contributed by atoms with van der Waals surface area (Å²) in [5.74, 6) is 0.607. The number of nitrogens with zero attached hydrogens (tertiary/aromatic N) is 1. The first-order chi connectivity index (χ1) is 8.27. The highest BCUT2D eigenvalue weighted by molar-refractivity contribution is 5.85. The first kappa shape index (κ1) is 14.7. The van der Waals surface area contributed by atoms with Crippen molar-refractivity contribution in [3.63, 3.8) is 0 Å². The van der Waals surface area contributed by atoms with Crippen LogP contribution in [0.25, 0.3) is 0 Å². The van der Waals surface area contributed by atoms with Gasteiger partial charge in [0.25, 0.3) is 5.69 Å². The molecule has 0 unspecified atom stereocenters. The number of nitrogens with one attached hydrogen (secondary N) is 2. The molecule has 0 amide bonds. The second kappa shape index (κ2) is 7.18. The highest BCUT2D eigenvalue weighted by Gasteiger charge is 2.16. The van der Waals surface area contributed by atoms with E-state index in [1.165, 1.54) is 6.07 Å². The lowest BCUT2D eigenvalue weighted by Gasteiger charge is -2.23. The molecule has 0 atom stereocenters. The zero-order valence-electron chi connectivity index (χ0n) is 10.1. The van der Waals surface area contributed by atoms with Gasteiger partial charge in [-0.25, -0.2) is 0 Å². The number of rotatable bonds is 4. The predicted octanol–water partition coefficient (Wildman–Crippen LogP) is 2.43. The smallest absolute Gasteiger partial charge is 0.292 e. The molecular weight excluding hydrogens is 254 g/mol. The summed E-state index contributed by atoms with van der Waals surface area (Å²) in [6, 6.07) is 6.80. The van der Waals surface area contributed by atoms with Crippen LogP contribution in [-0.2, 0) is 0 Å². The van der Waals surface area contributed by atoms with Crippen molar-refractivity contribution in [1.29, 1.82) is 0 Å². The lowest BCUT2D eigenvalue weighted by molar-refractivity contribution is -0.384. The van der Waals surface area contributed by atoms with E-state index in [1.54, 1.807) is 12.1 Å². The van der Waals surface area contributed by atoms with Gasteiger partial charge in [0.05, 0.1) is 4.92 Å². The number of para-hydroxylation sites is 2. The van der Waals surface area contributed by atoms with E-state index in [1.807, 2.05) is 6.07 Å². The van der Waals surface area contributed by atoms with Crippen molar-refractivity contribution in [3.8, 4) is 0 Å². The highest BCUT2D eigenvalue weighted by Crippen LogP contribution is 2.24. The summed E-state index contributed by atoms with van der Waals surface area (Å²) in [5, 5.41) is 17.3. The Bertz CT molecular complexity index is 395. The fraction of sp³-hybridized carbons (Fsp3) is 0.500. The summed E-state index contributed by atoms with van der Waals surface area (Å²) in [7, 11) is 0. The molecule has 0 saturated carbocycles. The van der Waals surface area contributed by atoms with E-state index in [0.29, 0.717) is 11.6 Å². The summed E-state index contributed by atoms with van der Waals surface area (Å²) in [5.41, 5.74) is 0.775. The van der Waals surface area contributed by atoms with Gasteiger partial charge in [-0.1, -0.05) is 12.1 Å². The lowest BCUT2D eigenvalue weighted by Crippen LogP contribution is -2.31. The Morgan fingerprint density at radius 3 is 2.67 bits per heavy atom. The highest BCUT2D eigenvalue weighted by atomic mass is 35.5. The molecule has 1 heterocycles. The van der Waals surface area contributed by atoms with E-state index in [0.717, 1.165) is 32.5 Å². The van der Waals surface area contributed by atoms with Crippen LogP contribution in [0.1, 0.15) is 12.8 Å². The van der Waals surface area contributed by atoms with Crippen molar-refractivity contribution in [2.24, 2.45) is 5.92 Å². The Balaban J connectivity index is 0.00000162. The van der Waals surface area contributed by atoms with E-state index < -0.39 is 0 Å². The number of anilines is 1. The van der Waals surface area contributed by atoms with Gasteiger partial charge in [-0.15, -0.1) is 12.4 Å². The topological polar surface area (TPSA) is 67.2 Å². The summed E-state index contributed by atoms with van der Waals surface area (Å²) in [4.78, 5) is 10.5. The zero-order chi connectivity index (χ0) is 12.1. The van der Waals surface area contributed by atoms with E-state index in [2.05, 4.69) is 10.6 Å². The van der Waals surface area contributed by atoms with Gasteiger partial charge in [0.2, 0.25) is 0 Å². The maximum absolute atomic E-state index is 10.8. The van der Waals surface area contributed by atoms with E-state index in [-0.39, 0.29) is 23.0 Å². The minimum absolute atomic E-state index is 0. The molecule has 18 heavy (non-hydrogen) atoms. The quantitative estimate of drug-likeness (QED) is 0.652. The number of nitro groups is 1. The van der Waals surface area contributed by atoms with E-state index in [4.69, 9.17) is 0 Å². The Morgan fingerprint density at radius 2 is 2.00 bits per heavy atom. The molecule has 1 aliphatic heterocycles. The van der Waals surface area contributed by atoms with Gasteiger partial charge in [-0.2, -0.15) is 0 Å². The van der Waals surface area contributed by atoms with Crippen LogP contribution in [0, 0.1) is 16.0 Å². The van der Waals surface area contributed by atoms with Crippen LogP contribution >= 0.6 is 12.4 Å². The largest absolute Gasteiger partial charge is 0.379 e. The van der Waals surface area contributed by atoms with Crippen molar-refractivity contribution >= 4 is 23.8 Å². The summed E-state index contributed by atoms with van der Waals surface area (Å²) >= 11 is 0. The van der Waals surface area contributed by atoms with Crippen LogP contribution in [0.2, 0.25) is 0 Å². The van der Waals surface area contributed by atoms with E-state index >= 15 is 0 Å². The van der Waals surface area contributed by atoms with Crippen LogP contribution in [0.4, 0.5) is 11.4 Å². The third-order valence-electron chi connectivity index (χ3n) is 3.14. The molecule has 5 nitrogen and oxygen atoms in total. The third kappa shape index (κ3) is 3.85. The molecule has 0 aliphatic carbocycles. The van der Waals surface area contributed by atoms with Gasteiger partial charge in [0.15, 0.2) is 0 Å². The van der Waals surface area contributed by atoms with Gasteiger partial charge in [0, 0.05) is 12.6 Å². The first-order valence-corrected chi connectivity index (χ1v) is 5.95. The Kier molecular flexibility index (Phi) is 5.88. The zero-order valence-corrected chi connectivity index (χ0v) is 10.9. The van der Waals surface area contributed by atoms with Gasteiger partial charge < -0.3 is 10.6 Å². The molecule has 1 aliphatic rings. The summed E-state index contributed by atoms with van der Waals surface area (Å²) < 4.78 is 0. The fourth-order valence-electron chi connectivity index (χ4n) is 2.12. The Hall–Kier alpha value is -1.33. The maximum Gasteiger partial charge on any atom is 0.292 e. The molecule has 0 radical (unpaired) electrons. The summed E-state index contributed by atoms with van der Waals surface area (Å²) in [6.07, 6.45) is 2.27. The molecular formula is C12H18ClN3O2.